The maximum Gasteiger partial charge on any atom is 0.253 e. The van der Waals surface area contributed by atoms with Gasteiger partial charge in [-0.05, 0) is 56.3 Å². The van der Waals surface area contributed by atoms with Crippen LogP contribution in [0.15, 0.2) is 36.5 Å². The van der Waals surface area contributed by atoms with Crippen molar-refractivity contribution in [3.8, 4) is 11.9 Å². The second-order valence-corrected chi connectivity index (χ2v) is 6.63. The van der Waals surface area contributed by atoms with Gasteiger partial charge in [-0.1, -0.05) is 6.07 Å². The topological polar surface area (TPSA) is 78.2 Å². The number of amides is 1. The Kier molecular flexibility index (Phi) is 5.49. The summed E-state index contributed by atoms with van der Waals surface area (Å²) in [5, 5.41) is 12.1. The molecule has 0 bridgehead atoms. The Bertz CT molecular complexity index is 825. The molecule has 1 amide bonds. The van der Waals surface area contributed by atoms with Crippen LogP contribution in [0.5, 0.6) is 5.88 Å². The third-order valence-electron chi connectivity index (χ3n) is 4.44. The van der Waals surface area contributed by atoms with E-state index in [1.165, 1.54) is 6.20 Å². The molecule has 1 N–H and O–H groups in total. The maximum atomic E-state index is 12.5. The molecule has 1 aromatic heterocycles. The number of pyridine rings is 1. The van der Waals surface area contributed by atoms with E-state index in [-0.39, 0.29) is 11.9 Å². The first-order valence-electron chi connectivity index (χ1n) is 8.64. The summed E-state index contributed by atoms with van der Waals surface area (Å²) in [7, 11) is 3.96. The number of carbonyl (C=O) groups is 1. The lowest BCUT2D eigenvalue weighted by molar-refractivity contribution is 0.0936. The number of fused-ring (bicyclic) bond motifs is 1. The van der Waals surface area contributed by atoms with Gasteiger partial charge in [0.15, 0.2) is 0 Å². The van der Waals surface area contributed by atoms with Gasteiger partial charge in [-0.15, -0.1) is 0 Å². The summed E-state index contributed by atoms with van der Waals surface area (Å²) in [6, 6.07) is 11.2. The van der Waals surface area contributed by atoms with Gasteiger partial charge in [0.25, 0.3) is 5.91 Å². The largest absolute Gasteiger partial charge is 0.476 e. The summed E-state index contributed by atoms with van der Waals surface area (Å²) in [6.07, 6.45) is 3.25. The number of aryl methyl sites for hydroxylation is 1. The van der Waals surface area contributed by atoms with E-state index in [4.69, 9.17) is 10.00 Å². The first-order chi connectivity index (χ1) is 12.6. The summed E-state index contributed by atoms with van der Waals surface area (Å²) in [5.41, 5.74) is 3.39. The highest BCUT2D eigenvalue weighted by Gasteiger charge is 2.24. The van der Waals surface area contributed by atoms with Gasteiger partial charge in [-0.2, -0.15) is 5.26 Å². The van der Waals surface area contributed by atoms with Crippen LogP contribution in [0.25, 0.3) is 0 Å². The Labute approximate surface area is 153 Å². The van der Waals surface area contributed by atoms with E-state index < -0.39 is 0 Å². The van der Waals surface area contributed by atoms with E-state index in [0.717, 1.165) is 30.5 Å². The zero-order chi connectivity index (χ0) is 18.5. The predicted molar refractivity (Wildman–Crippen MR) is 98.0 cm³/mol. The lowest BCUT2D eigenvalue weighted by Crippen LogP contribution is -2.27. The zero-order valence-corrected chi connectivity index (χ0v) is 15.0. The number of nitrogens with zero attached hydrogens (tertiary/aromatic N) is 3. The molecule has 6 nitrogen and oxygen atoms in total. The monoisotopic (exact) mass is 350 g/mol. The van der Waals surface area contributed by atoms with Crippen molar-refractivity contribution in [1.29, 1.82) is 5.26 Å². The Balaban J connectivity index is 1.60. The summed E-state index contributed by atoms with van der Waals surface area (Å²) in [5.74, 6) is 0.359. The molecule has 1 heterocycles. The number of ether oxygens (including phenoxy) is 1. The molecule has 0 aliphatic heterocycles. The molecule has 0 fully saturated rings. The molecule has 1 aromatic carbocycles. The second kappa shape index (κ2) is 7.98. The molecular weight excluding hydrogens is 328 g/mol. The summed E-state index contributed by atoms with van der Waals surface area (Å²) >= 11 is 0. The molecule has 1 aliphatic carbocycles. The smallest absolute Gasteiger partial charge is 0.253 e. The number of rotatable bonds is 6. The zero-order valence-electron chi connectivity index (χ0n) is 15.0. The summed E-state index contributed by atoms with van der Waals surface area (Å²) in [6.45, 7) is 1.35. The molecule has 0 saturated carbocycles. The average molecular weight is 350 g/mol. The molecule has 0 radical (unpaired) electrons. The Morgan fingerprint density at radius 1 is 1.38 bits per heavy atom. The Morgan fingerprint density at radius 3 is 2.92 bits per heavy atom. The number of likely N-dealkylation sites (N-methyl/N-ethyl adjacent to an activating group) is 1. The normalized spacial score (nSPS) is 15.4. The fourth-order valence-electron chi connectivity index (χ4n) is 3.01. The second-order valence-electron chi connectivity index (χ2n) is 6.63. The highest BCUT2D eigenvalue weighted by molar-refractivity contribution is 5.94. The van der Waals surface area contributed by atoms with Gasteiger partial charge in [-0.25, -0.2) is 4.98 Å². The average Bonchev–Trinajstić information content (AvgIpc) is 3.04. The lowest BCUT2D eigenvalue weighted by atomic mass is 10.1. The molecule has 1 atom stereocenters. The number of hydrogen-bond acceptors (Lipinski definition) is 5. The van der Waals surface area contributed by atoms with E-state index >= 15 is 0 Å². The summed E-state index contributed by atoms with van der Waals surface area (Å²) in [4.78, 5) is 18.7. The lowest BCUT2D eigenvalue weighted by Gasteiger charge is -2.14. The van der Waals surface area contributed by atoms with Crippen LogP contribution in [-0.4, -0.2) is 43.0 Å². The number of hydrogen-bond donors (Lipinski definition) is 1. The molecular formula is C20H22N4O2. The van der Waals surface area contributed by atoms with Gasteiger partial charge in [0.1, 0.15) is 6.61 Å². The molecule has 6 heteroatoms. The van der Waals surface area contributed by atoms with Gasteiger partial charge in [-0.3, -0.25) is 4.79 Å². The SMILES string of the molecule is CN(C)CCOc1ccc(C(=O)NC2CCc3cc(C#N)ccc32)cn1. The minimum Gasteiger partial charge on any atom is -0.476 e. The van der Waals surface area contributed by atoms with E-state index in [1.54, 1.807) is 18.2 Å². The van der Waals surface area contributed by atoms with E-state index in [9.17, 15) is 4.79 Å². The van der Waals surface area contributed by atoms with Gasteiger partial charge < -0.3 is 15.0 Å². The predicted octanol–water partition coefficient (Wildman–Crippen LogP) is 2.31. The Morgan fingerprint density at radius 2 is 2.23 bits per heavy atom. The van der Waals surface area contributed by atoms with Crippen molar-refractivity contribution in [1.82, 2.24) is 15.2 Å². The van der Waals surface area contributed by atoms with Crippen molar-refractivity contribution in [2.24, 2.45) is 0 Å². The quantitative estimate of drug-likeness (QED) is 0.865. The first kappa shape index (κ1) is 17.9. The number of nitrogens with one attached hydrogen (secondary N) is 1. The molecule has 1 unspecified atom stereocenters. The van der Waals surface area contributed by atoms with Crippen LogP contribution >= 0.6 is 0 Å². The van der Waals surface area contributed by atoms with Crippen molar-refractivity contribution < 1.29 is 9.53 Å². The minimum atomic E-state index is -0.153. The van der Waals surface area contributed by atoms with Crippen LogP contribution in [0.1, 0.15) is 39.5 Å². The van der Waals surface area contributed by atoms with Crippen LogP contribution in [0, 0.1) is 11.3 Å². The fraction of sp³-hybridized carbons (Fsp3) is 0.350. The van der Waals surface area contributed by atoms with Gasteiger partial charge in [0, 0.05) is 18.8 Å². The van der Waals surface area contributed by atoms with E-state index in [0.29, 0.717) is 23.6 Å². The minimum absolute atomic E-state index is 0.0266. The third-order valence-corrected chi connectivity index (χ3v) is 4.44. The van der Waals surface area contributed by atoms with Crippen LogP contribution < -0.4 is 10.1 Å². The number of carbonyl (C=O) groups excluding carboxylic acids is 1. The standard InChI is InChI=1S/C20H22N4O2/c1-24(2)9-10-26-19-8-5-16(13-22-19)20(25)23-18-7-4-15-11-14(12-21)3-6-17(15)18/h3,5-6,8,11,13,18H,4,7,9-10H2,1-2H3,(H,23,25). The first-order valence-corrected chi connectivity index (χ1v) is 8.64. The number of aromatic nitrogens is 1. The molecule has 3 rings (SSSR count). The Hall–Kier alpha value is -2.91. The third kappa shape index (κ3) is 4.19. The van der Waals surface area contributed by atoms with Crippen LogP contribution in [-0.2, 0) is 6.42 Å². The molecule has 2 aromatic rings. The molecule has 1 aliphatic rings. The summed E-state index contributed by atoms with van der Waals surface area (Å²) < 4.78 is 5.54. The van der Waals surface area contributed by atoms with Crippen molar-refractivity contribution in [2.75, 3.05) is 27.2 Å². The molecule has 0 saturated heterocycles. The van der Waals surface area contributed by atoms with Crippen molar-refractivity contribution >= 4 is 5.91 Å². The van der Waals surface area contributed by atoms with Crippen LogP contribution in [0.2, 0.25) is 0 Å². The fourth-order valence-corrected chi connectivity index (χ4v) is 3.01. The number of benzene rings is 1. The molecule has 26 heavy (non-hydrogen) atoms. The highest BCUT2D eigenvalue weighted by Crippen LogP contribution is 2.31. The maximum absolute atomic E-state index is 12.5. The molecule has 0 spiro atoms. The van der Waals surface area contributed by atoms with Gasteiger partial charge in [0.2, 0.25) is 5.88 Å². The number of nitriles is 1. The van der Waals surface area contributed by atoms with Crippen molar-refractivity contribution in [2.45, 2.75) is 18.9 Å². The van der Waals surface area contributed by atoms with Crippen LogP contribution in [0.4, 0.5) is 0 Å². The molecule has 134 valence electrons. The van der Waals surface area contributed by atoms with Crippen molar-refractivity contribution in [3.05, 3.63) is 58.8 Å². The van der Waals surface area contributed by atoms with Gasteiger partial charge >= 0.3 is 0 Å². The van der Waals surface area contributed by atoms with Gasteiger partial charge in [0.05, 0.1) is 23.2 Å². The van der Waals surface area contributed by atoms with E-state index in [2.05, 4.69) is 16.4 Å². The van der Waals surface area contributed by atoms with E-state index in [1.807, 2.05) is 31.1 Å². The highest BCUT2D eigenvalue weighted by atomic mass is 16.5. The van der Waals surface area contributed by atoms with Crippen LogP contribution in [0.3, 0.4) is 0 Å². The van der Waals surface area contributed by atoms with Crippen molar-refractivity contribution in [3.63, 3.8) is 0 Å².